The maximum Gasteiger partial charge on any atom is 0.191 e. The van der Waals surface area contributed by atoms with E-state index in [1.807, 2.05) is 25.1 Å². The van der Waals surface area contributed by atoms with Gasteiger partial charge in [-0.3, -0.25) is 4.90 Å². The fraction of sp³-hybridized carbons (Fsp3) is 0.391. The molecule has 2 N–H and O–H groups in total. The van der Waals surface area contributed by atoms with Gasteiger partial charge in [-0.1, -0.05) is 23.7 Å². The summed E-state index contributed by atoms with van der Waals surface area (Å²) in [5, 5.41) is 16.5. The van der Waals surface area contributed by atoms with Gasteiger partial charge in [0.25, 0.3) is 0 Å². The Kier molecular flexibility index (Phi) is 8.06. The van der Waals surface area contributed by atoms with Crippen LogP contribution in [0.5, 0.6) is 0 Å². The van der Waals surface area contributed by atoms with Crippen molar-refractivity contribution in [1.29, 1.82) is 5.26 Å². The van der Waals surface area contributed by atoms with E-state index in [0.29, 0.717) is 23.1 Å². The second-order valence-electron chi connectivity index (χ2n) is 7.43. The molecule has 1 heterocycles. The number of guanidine groups is 1. The van der Waals surface area contributed by atoms with Crippen LogP contribution >= 0.6 is 11.6 Å². The predicted octanol–water partition coefficient (Wildman–Crippen LogP) is 4.07. The Hall–Kier alpha value is -2.62. The Morgan fingerprint density at radius 1 is 1.23 bits per heavy atom. The maximum absolute atomic E-state index is 14.0. The Bertz CT molecular complexity index is 899. The molecular weight excluding hydrogens is 401 g/mol. The monoisotopic (exact) mass is 427 g/mol. The first-order chi connectivity index (χ1) is 14.6. The van der Waals surface area contributed by atoms with Crippen LogP contribution in [0.25, 0.3) is 0 Å². The minimum Gasteiger partial charge on any atom is -0.357 e. The number of rotatable bonds is 6. The number of nitrogens with one attached hydrogen (secondary N) is 2. The molecular formula is C23H27ClFN5. The molecule has 0 spiro atoms. The van der Waals surface area contributed by atoms with Crippen LogP contribution < -0.4 is 10.6 Å². The zero-order chi connectivity index (χ0) is 21.3. The summed E-state index contributed by atoms with van der Waals surface area (Å²) in [7, 11) is 0. The van der Waals surface area contributed by atoms with Crippen molar-refractivity contribution in [3.05, 3.63) is 70.0 Å². The van der Waals surface area contributed by atoms with Crippen molar-refractivity contribution in [3.8, 4) is 6.07 Å². The van der Waals surface area contributed by atoms with Crippen molar-refractivity contribution in [3.63, 3.8) is 0 Å². The number of benzene rings is 2. The summed E-state index contributed by atoms with van der Waals surface area (Å²) in [6, 6.07) is 14.7. The maximum atomic E-state index is 14.0. The Morgan fingerprint density at radius 2 is 1.97 bits per heavy atom. The van der Waals surface area contributed by atoms with Gasteiger partial charge in [0.05, 0.1) is 18.2 Å². The van der Waals surface area contributed by atoms with Gasteiger partial charge in [0.1, 0.15) is 5.82 Å². The van der Waals surface area contributed by atoms with Crippen molar-refractivity contribution < 1.29 is 4.39 Å². The number of aliphatic imine (C=N–C) groups is 1. The standard InChI is InChI=1S/C23H27ClFN5/c1-2-27-23(28-15-19-13-18(14-26)5-8-22(19)25)29-21-9-11-30(12-10-21)16-17-3-6-20(24)7-4-17/h3-8,13,21H,2,9-12,15-16H2,1H3,(H2,27,28,29). The molecule has 1 aliphatic rings. The molecule has 2 aromatic carbocycles. The van der Waals surface area contributed by atoms with E-state index in [9.17, 15) is 4.39 Å². The molecule has 30 heavy (non-hydrogen) atoms. The molecule has 0 aliphatic carbocycles. The van der Waals surface area contributed by atoms with Gasteiger partial charge in [0.15, 0.2) is 5.96 Å². The van der Waals surface area contributed by atoms with Crippen molar-refractivity contribution in [2.75, 3.05) is 19.6 Å². The topological polar surface area (TPSA) is 63.5 Å². The number of halogens is 2. The predicted molar refractivity (Wildman–Crippen MR) is 119 cm³/mol. The largest absolute Gasteiger partial charge is 0.357 e. The van der Waals surface area contributed by atoms with Crippen LogP contribution in [0.15, 0.2) is 47.5 Å². The smallest absolute Gasteiger partial charge is 0.191 e. The Labute approximate surface area is 182 Å². The van der Waals surface area contributed by atoms with Crippen LogP contribution in [0, 0.1) is 17.1 Å². The highest BCUT2D eigenvalue weighted by atomic mass is 35.5. The summed E-state index contributed by atoms with van der Waals surface area (Å²) in [5.41, 5.74) is 2.12. The highest BCUT2D eigenvalue weighted by Crippen LogP contribution is 2.16. The van der Waals surface area contributed by atoms with Gasteiger partial charge < -0.3 is 10.6 Å². The number of hydrogen-bond donors (Lipinski definition) is 2. The minimum atomic E-state index is -0.343. The summed E-state index contributed by atoms with van der Waals surface area (Å²) >= 11 is 5.96. The lowest BCUT2D eigenvalue weighted by atomic mass is 10.0. The molecule has 0 unspecified atom stereocenters. The molecule has 7 heteroatoms. The van der Waals surface area contributed by atoms with Crippen molar-refractivity contribution in [1.82, 2.24) is 15.5 Å². The van der Waals surface area contributed by atoms with Gasteiger partial charge in [0.2, 0.25) is 0 Å². The molecule has 0 radical (unpaired) electrons. The number of nitrogens with zero attached hydrogens (tertiary/aromatic N) is 3. The van der Waals surface area contributed by atoms with Gasteiger partial charge in [-0.05, 0) is 55.7 Å². The molecule has 1 fully saturated rings. The second-order valence-corrected chi connectivity index (χ2v) is 7.87. The van der Waals surface area contributed by atoms with Crippen LogP contribution in [0.4, 0.5) is 4.39 Å². The van der Waals surface area contributed by atoms with Gasteiger partial charge in [-0.25, -0.2) is 9.38 Å². The van der Waals surface area contributed by atoms with E-state index >= 15 is 0 Å². The molecule has 0 amide bonds. The van der Waals surface area contributed by atoms with E-state index in [0.717, 1.165) is 44.0 Å². The third-order valence-electron chi connectivity index (χ3n) is 5.17. The Morgan fingerprint density at radius 3 is 2.63 bits per heavy atom. The quantitative estimate of drug-likeness (QED) is 0.538. The molecule has 0 bridgehead atoms. The van der Waals surface area contributed by atoms with E-state index < -0.39 is 0 Å². The third kappa shape index (κ3) is 6.45. The van der Waals surface area contributed by atoms with Crippen LogP contribution in [0.1, 0.15) is 36.5 Å². The normalized spacial score (nSPS) is 15.6. The zero-order valence-electron chi connectivity index (χ0n) is 17.2. The van der Waals surface area contributed by atoms with Gasteiger partial charge >= 0.3 is 0 Å². The lowest BCUT2D eigenvalue weighted by Crippen LogP contribution is -2.48. The van der Waals surface area contributed by atoms with E-state index in [-0.39, 0.29) is 12.4 Å². The fourth-order valence-corrected chi connectivity index (χ4v) is 3.65. The molecule has 0 atom stereocenters. The average molecular weight is 428 g/mol. The van der Waals surface area contributed by atoms with E-state index in [1.165, 1.54) is 17.7 Å². The number of nitriles is 1. The van der Waals surface area contributed by atoms with Gasteiger partial charge in [-0.15, -0.1) is 0 Å². The van der Waals surface area contributed by atoms with Crippen LogP contribution in [-0.4, -0.2) is 36.5 Å². The molecule has 0 aromatic heterocycles. The summed E-state index contributed by atoms with van der Waals surface area (Å²) in [4.78, 5) is 6.97. The summed E-state index contributed by atoms with van der Waals surface area (Å²) < 4.78 is 14.0. The molecule has 0 saturated carbocycles. The molecule has 1 aliphatic heterocycles. The fourth-order valence-electron chi connectivity index (χ4n) is 3.53. The number of hydrogen-bond acceptors (Lipinski definition) is 3. The highest BCUT2D eigenvalue weighted by molar-refractivity contribution is 6.30. The summed E-state index contributed by atoms with van der Waals surface area (Å²) in [6.45, 7) is 5.83. The first-order valence-electron chi connectivity index (χ1n) is 10.3. The molecule has 2 aromatic rings. The first-order valence-corrected chi connectivity index (χ1v) is 10.7. The zero-order valence-corrected chi connectivity index (χ0v) is 17.9. The second kappa shape index (κ2) is 11.0. The third-order valence-corrected chi connectivity index (χ3v) is 5.43. The first kappa shape index (κ1) is 22.1. The highest BCUT2D eigenvalue weighted by Gasteiger charge is 2.20. The van der Waals surface area contributed by atoms with Crippen LogP contribution in [0.2, 0.25) is 5.02 Å². The van der Waals surface area contributed by atoms with E-state index in [1.54, 1.807) is 6.07 Å². The lowest BCUT2D eigenvalue weighted by Gasteiger charge is -2.33. The molecule has 158 valence electrons. The van der Waals surface area contributed by atoms with Crippen molar-refractivity contribution >= 4 is 17.6 Å². The summed E-state index contributed by atoms with van der Waals surface area (Å²) in [5.74, 6) is 0.333. The van der Waals surface area contributed by atoms with Crippen molar-refractivity contribution in [2.45, 2.75) is 38.9 Å². The molecule has 1 saturated heterocycles. The number of likely N-dealkylation sites (tertiary alicyclic amines) is 1. The lowest BCUT2D eigenvalue weighted by molar-refractivity contribution is 0.198. The average Bonchev–Trinajstić information content (AvgIpc) is 2.76. The number of piperidine rings is 1. The van der Waals surface area contributed by atoms with Gasteiger partial charge in [-0.2, -0.15) is 5.26 Å². The van der Waals surface area contributed by atoms with E-state index in [4.69, 9.17) is 16.9 Å². The molecule has 3 rings (SSSR count). The van der Waals surface area contributed by atoms with Crippen LogP contribution in [-0.2, 0) is 13.1 Å². The SMILES string of the molecule is CCNC(=NCc1cc(C#N)ccc1F)NC1CCN(Cc2ccc(Cl)cc2)CC1. The van der Waals surface area contributed by atoms with Crippen LogP contribution in [0.3, 0.4) is 0 Å². The minimum absolute atomic E-state index is 0.187. The Balaban J connectivity index is 1.54. The molecule has 5 nitrogen and oxygen atoms in total. The summed E-state index contributed by atoms with van der Waals surface area (Å²) in [6.07, 6.45) is 2.02. The van der Waals surface area contributed by atoms with E-state index in [2.05, 4.69) is 32.7 Å². The van der Waals surface area contributed by atoms with Gasteiger partial charge in [0, 0.05) is 42.8 Å². The van der Waals surface area contributed by atoms with Crippen molar-refractivity contribution in [2.24, 2.45) is 4.99 Å².